The first-order chi connectivity index (χ1) is 10.1. The van der Waals surface area contributed by atoms with Gasteiger partial charge in [-0.3, -0.25) is 9.59 Å². The summed E-state index contributed by atoms with van der Waals surface area (Å²) in [5.74, 6) is -0.0269. The van der Waals surface area contributed by atoms with Gasteiger partial charge in [0.05, 0.1) is 24.4 Å². The molecule has 0 aliphatic carbocycles. The molecule has 0 atom stereocenters. The molecule has 0 spiro atoms. The van der Waals surface area contributed by atoms with Crippen LogP contribution in [0.1, 0.15) is 53.9 Å². The van der Waals surface area contributed by atoms with E-state index in [9.17, 15) is 9.59 Å². The number of hydrogen-bond acceptors (Lipinski definition) is 4. The highest BCUT2D eigenvalue weighted by Crippen LogP contribution is 2.20. The van der Waals surface area contributed by atoms with Crippen LogP contribution >= 0.6 is 0 Å². The standard InChI is InChI=1S/C16H32N2O4/c1-13(19)18-10-12-22-16(4,5)9-11-21-15(2,3)8-7-14(20)17-6/h7-12H2,1-6H3,(H,17,20)(H,18,19). The van der Waals surface area contributed by atoms with E-state index < -0.39 is 0 Å². The van der Waals surface area contributed by atoms with Crippen LogP contribution < -0.4 is 10.6 Å². The van der Waals surface area contributed by atoms with E-state index in [1.807, 2.05) is 27.7 Å². The second kappa shape index (κ2) is 9.79. The Morgan fingerprint density at radius 2 is 1.50 bits per heavy atom. The molecule has 6 heteroatoms. The Morgan fingerprint density at radius 3 is 2.05 bits per heavy atom. The van der Waals surface area contributed by atoms with Crippen LogP contribution in [0, 0.1) is 0 Å². The van der Waals surface area contributed by atoms with E-state index in [2.05, 4.69) is 10.6 Å². The molecular formula is C16H32N2O4. The van der Waals surface area contributed by atoms with Crippen molar-refractivity contribution in [2.24, 2.45) is 0 Å². The summed E-state index contributed by atoms with van der Waals surface area (Å²) in [6.07, 6.45) is 1.88. The predicted octanol–water partition coefficient (Wildman–Crippen LogP) is 1.63. The molecule has 0 heterocycles. The van der Waals surface area contributed by atoms with Crippen molar-refractivity contribution >= 4 is 11.8 Å². The number of hydrogen-bond donors (Lipinski definition) is 2. The summed E-state index contributed by atoms with van der Waals surface area (Å²) < 4.78 is 11.6. The second-order valence-electron chi connectivity index (χ2n) is 6.62. The van der Waals surface area contributed by atoms with Crippen LogP contribution in [-0.4, -0.2) is 49.8 Å². The fraction of sp³-hybridized carbons (Fsp3) is 0.875. The minimum Gasteiger partial charge on any atom is -0.375 e. The summed E-state index contributed by atoms with van der Waals surface area (Å²) in [5, 5.41) is 5.31. The van der Waals surface area contributed by atoms with E-state index in [-0.39, 0.29) is 23.0 Å². The Morgan fingerprint density at radius 1 is 0.955 bits per heavy atom. The molecule has 0 saturated heterocycles. The van der Waals surface area contributed by atoms with Crippen LogP contribution in [0.15, 0.2) is 0 Å². The van der Waals surface area contributed by atoms with Gasteiger partial charge in [-0.05, 0) is 40.5 Å². The number of amides is 2. The van der Waals surface area contributed by atoms with E-state index in [1.165, 1.54) is 6.92 Å². The van der Waals surface area contributed by atoms with Crippen LogP contribution in [0.25, 0.3) is 0 Å². The monoisotopic (exact) mass is 316 g/mol. The molecule has 0 aromatic carbocycles. The number of ether oxygens (including phenoxy) is 2. The van der Waals surface area contributed by atoms with E-state index in [4.69, 9.17) is 9.47 Å². The van der Waals surface area contributed by atoms with Crippen LogP contribution in [0.4, 0.5) is 0 Å². The van der Waals surface area contributed by atoms with Gasteiger partial charge in [-0.25, -0.2) is 0 Å². The molecule has 0 aliphatic rings. The van der Waals surface area contributed by atoms with Crippen molar-refractivity contribution < 1.29 is 19.1 Å². The van der Waals surface area contributed by atoms with Gasteiger partial charge in [0.15, 0.2) is 0 Å². The zero-order valence-electron chi connectivity index (χ0n) is 14.9. The summed E-state index contributed by atoms with van der Waals surface area (Å²) in [5.41, 5.74) is -0.645. The maximum Gasteiger partial charge on any atom is 0.219 e. The molecule has 0 rings (SSSR count). The van der Waals surface area contributed by atoms with Gasteiger partial charge in [0.2, 0.25) is 11.8 Å². The third-order valence-electron chi connectivity index (χ3n) is 3.40. The molecular weight excluding hydrogens is 284 g/mol. The fourth-order valence-corrected chi connectivity index (χ4v) is 1.81. The van der Waals surface area contributed by atoms with Crippen molar-refractivity contribution in [1.29, 1.82) is 0 Å². The van der Waals surface area contributed by atoms with Crippen LogP contribution in [0.5, 0.6) is 0 Å². The predicted molar refractivity (Wildman–Crippen MR) is 86.7 cm³/mol. The lowest BCUT2D eigenvalue weighted by Crippen LogP contribution is -2.34. The molecule has 2 N–H and O–H groups in total. The molecule has 0 radical (unpaired) electrons. The topological polar surface area (TPSA) is 76.7 Å². The van der Waals surface area contributed by atoms with Gasteiger partial charge in [0.1, 0.15) is 0 Å². The van der Waals surface area contributed by atoms with Crippen molar-refractivity contribution in [3.63, 3.8) is 0 Å². The molecule has 0 saturated carbocycles. The van der Waals surface area contributed by atoms with Crippen molar-refractivity contribution in [1.82, 2.24) is 10.6 Å². The van der Waals surface area contributed by atoms with E-state index >= 15 is 0 Å². The van der Waals surface area contributed by atoms with Crippen molar-refractivity contribution in [2.75, 3.05) is 26.8 Å². The van der Waals surface area contributed by atoms with E-state index in [0.29, 0.717) is 32.6 Å². The van der Waals surface area contributed by atoms with Gasteiger partial charge in [-0.15, -0.1) is 0 Å². The number of carbonyl (C=O) groups is 2. The summed E-state index contributed by atoms with van der Waals surface area (Å²) >= 11 is 0. The van der Waals surface area contributed by atoms with Gasteiger partial charge in [-0.1, -0.05) is 0 Å². The van der Waals surface area contributed by atoms with Gasteiger partial charge >= 0.3 is 0 Å². The van der Waals surface area contributed by atoms with Crippen LogP contribution in [0.2, 0.25) is 0 Å². The molecule has 0 aromatic heterocycles. The van der Waals surface area contributed by atoms with Crippen molar-refractivity contribution in [3.8, 4) is 0 Å². The molecule has 0 aliphatic heterocycles. The van der Waals surface area contributed by atoms with Crippen molar-refractivity contribution in [3.05, 3.63) is 0 Å². The first-order valence-corrected chi connectivity index (χ1v) is 7.81. The molecule has 130 valence electrons. The summed E-state index contributed by atoms with van der Waals surface area (Å²) in [7, 11) is 1.64. The zero-order chi connectivity index (χ0) is 17.2. The minimum atomic E-state index is -0.335. The Kier molecular flexibility index (Phi) is 9.28. The number of nitrogens with one attached hydrogen (secondary N) is 2. The van der Waals surface area contributed by atoms with Crippen molar-refractivity contribution in [2.45, 2.75) is 65.1 Å². The Balaban J connectivity index is 3.94. The van der Waals surface area contributed by atoms with Gasteiger partial charge in [-0.2, -0.15) is 0 Å². The minimum absolute atomic E-state index is 0.0262. The average Bonchev–Trinajstić information content (AvgIpc) is 2.40. The second-order valence-corrected chi connectivity index (χ2v) is 6.62. The largest absolute Gasteiger partial charge is 0.375 e. The molecule has 6 nitrogen and oxygen atoms in total. The smallest absolute Gasteiger partial charge is 0.219 e. The maximum absolute atomic E-state index is 11.3. The highest BCUT2D eigenvalue weighted by atomic mass is 16.5. The zero-order valence-corrected chi connectivity index (χ0v) is 14.9. The normalized spacial score (nSPS) is 12.1. The molecule has 22 heavy (non-hydrogen) atoms. The first kappa shape index (κ1) is 20.9. The van der Waals surface area contributed by atoms with Gasteiger partial charge in [0.25, 0.3) is 0 Å². The van der Waals surface area contributed by atoms with Crippen LogP contribution in [0.3, 0.4) is 0 Å². The average molecular weight is 316 g/mol. The number of rotatable bonds is 11. The molecule has 0 fully saturated rings. The first-order valence-electron chi connectivity index (χ1n) is 7.81. The third-order valence-corrected chi connectivity index (χ3v) is 3.40. The van der Waals surface area contributed by atoms with Crippen LogP contribution in [-0.2, 0) is 19.1 Å². The number of carbonyl (C=O) groups excluding carboxylic acids is 2. The summed E-state index contributed by atoms with van der Waals surface area (Å²) in [4.78, 5) is 22.0. The Bertz CT molecular complexity index is 354. The SMILES string of the molecule is CNC(=O)CCC(C)(C)OCCC(C)(C)OCCNC(C)=O. The maximum atomic E-state index is 11.3. The quantitative estimate of drug-likeness (QED) is 0.568. The lowest BCUT2D eigenvalue weighted by atomic mass is 10.0. The molecule has 0 unspecified atom stereocenters. The highest BCUT2D eigenvalue weighted by molar-refractivity contribution is 5.75. The van der Waals surface area contributed by atoms with E-state index in [0.717, 1.165) is 6.42 Å². The lowest BCUT2D eigenvalue weighted by molar-refractivity contribution is -0.123. The highest BCUT2D eigenvalue weighted by Gasteiger charge is 2.23. The lowest BCUT2D eigenvalue weighted by Gasteiger charge is -2.29. The van der Waals surface area contributed by atoms with E-state index in [1.54, 1.807) is 7.05 Å². The molecule has 2 amide bonds. The fourth-order valence-electron chi connectivity index (χ4n) is 1.81. The van der Waals surface area contributed by atoms with Gasteiger partial charge in [0, 0.05) is 26.9 Å². The van der Waals surface area contributed by atoms with Gasteiger partial charge < -0.3 is 20.1 Å². The Hall–Kier alpha value is -1.14. The summed E-state index contributed by atoms with van der Waals surface area (Å²) in [6.45, 7) is 11.0. The summed E-state index contributed by atoms with van der Waals surface area (Å²) in [6, 6.07) is 0. The molecule has 0 bridgehead atoms. The molecule has 0 aromatic rings. The third kappa shape index (κ3) is 11.5. The Labute approximate surface area is 134 Å².